The second-order valence-electron chi connectivity index (χ2n) is 5.39. The van der Waals surface area contributed by atoms with E-state index < -0.39 is 17.7 Å². The van der Waals surface area contributed by atoms with Crippen LogP contribution in [0.4, 0.5) is 10.5 Å². The van der Waals surface area contributed by atoms with Gasteiger partial charge in [0.25, 0.3) is 5.56 Å². The van der Waals surface area contributed by atoms with Crippen molar-refractivity contribution in [2.24, 2.45) is 0 Å². The van der Waals surface area contributed by atoms with E-state index in [1.54, 1.807) is 31.2 Å². The van der Waals surface area contributed by atoms with E-state index in [0.29, 0.717) is 16.9 Å². The molecule has 3 aromatic rings. The average Bonchev–Trinajstić information content (AvgIpc) is 2.53. The summed E-state index contributed by atoms with van der Waals surface area (Å²) in [4.78, 5) is 32.5. The van der Waals surface area contributed by atoms with Gasteiger partial charge in [0.15, 0.2) is 0 Å². The number of nitrogens with two attached hydrogens (primary N) is 1. The first-order valence-corrected chi connectivity index (χ1v) is 7.68. The predicted octanol–water partition coefficient (Wildman–Crippen LogP) is 2.34. The number of amides is 1. The summed E-state index contributed by atoms with van der Waals surface area (Å²) in [6.07, 6.45) is 1.65. The van der Waals surface area contributed by atoms with Crippen molar-refractivity contribution in [1.82, 2.24) is 19.9 Å². The topological polar surface area (TPSA) is 123 Å². The van der Waals surface area contributed by atoms with Crippen LogP contribution in [0, 0.1) is 0 Å². The Hall–Kier alpha value is -3.13. The Bertz CT molecular complexity index is 1030. The van der Waals surface area contributed by atoms with Gasteiger partial charge in [0.2, 0.25) is 0 Å². The molecule has 4 N–H and O–H groups in total. The summed E-state index contributed by atoms with van der Waals surface area (Å²) in [5, 5.41) is 11.8. The SMILES string of the molecule is CC(NC(=O)O)c1nc2cccc(Cl)c2c(=O)n1-c1cncc(N)c1. The van der Waals surface area contributed by atoms with Crippen molar-refractivity contribution >= 4 is 34.3 Å². The minimum absolute atomic E-state index is 0.203. The van der Waals surface area contributed by atoms with Gasteiger partial charge in [0.1, 0.15) is 5.82 Å². The van der Waals surface area contributed by atoms with E-state index >= 15 is 0 Å². The predicted molar refractivity (Wildman–Crippen MR) is 94.1 cm³/mol. The zero-order valence-corrected chi connectivity index (χ0v) is 13.9. The number of nitrogens with zero attached hydrogens (tertiary/aromatic N) is 3. The molecular formula is C16H14ClN5O3. The summed E-state index contributed by atoms with van der Waals surface area (Å²) < 4.78 is 1.26. The van der Waals surface area contributed by atoms with Crippen LogP contribution in [0.5, 0.6) is 0 Å². The van der Waals surface area contributed by atoms with Gasteiger partial charge in [-0.25, -0.2) is 9.78 Å². The van der Waals surface area contributed by atoms with Crippen LogP contribution in [-0.4, -0.2) is 25.7 Å². The monoisotopic (exact) mass is 359 g/mol. The van der Waals surface area contributed by atoms with Crippen molar-refractivity contribution < 1.29 is 9.90 Å². The number of halogens is 1. The Balaban J connectivity index is 2.38. The highest BCUT2D eigenvalue weighted by Crippen LogP contribution is 2.23. The van der Waals surface area contributed by atoms with Crippen LogP contribution in [0.15, 0.2) is 41.5 Å². The Morgan fingerprint density at radius 2 is 2.16 bits per heavy atom. The van der Waals surface area contributed by atoms with E-state index in [2.05, 4.69) is 15.3 Å². The van der Waals surface area contributed by atoms with E-state index in [-0.39, 0.29) is 16.2 Å². The second-order valence-corrected chi connectivity index (χ2v) is 5.80. The average molecular weight is 360 g/mol. The van der Waals surface area contributed by atoms with Gasteiger partial charge in [0.05, 0.1) is 39.5 Å². The van der Waals surface area contributed by atoms with E-state index in [4.69, 9.17) is 22.4 Å². The summed E-state index contributed by atoms with van der Waals surface area (Å²) in [6, 6.07) is 5.70. The molecule has 0 aliphatic heterocycles. The molecule has 1 amide bonds. The van der Waals surface area contributed by atoms with Gasteiger partial charge < -0.3 is 16.2 Å². The number of anilines is 1. The fourth-order valence-electron chi connectivity index (χ4n) is 2.56. The second kappa shape index (κ2) is 6.40. The first-order chi connectivity index (χ1) is 11.9. The number of rotatable bonds is 3. The summed E-state index contributed by atoms with van der Waals surface area (Å²) in [7, 11) is 0. The minimum atomic E-state index is -1.23. The molecule has 1 atom stereocenters. The molecule has 0 saturated carbocycles. The molecule has 0 bridgehead atoms. The number of pyridine rings is 1. The van der Waals surface area contributed by atoms with Gasteiger partial charge in [-0.2, -0.15) is 0 Å². The maximum Gasteiger partial charge on any atom is 0.405 e. The van der Waals surface area contributed by atoms with Crippen LogP contribution in [0.3, 0.4) is 0 Å². The maximum absolute atomic E-state index is 13.1. The number of hydrogen-bond acceptors (Lipinski definition) is 5. The summed E-state index contributed by atoms with van der Waals surface area (Å²) in [5.41, 5.74) is 6.43. The third-order valence-electron chi connectivity index (χ3n) is 3.60. The van der Waals surface area contributed by atoms with E-state index in [1.165, 1.54) is 17.0 Å². The lowest BCUT2D eigenvalue weighted by Gasteiger charge is -2.18. The molecule has 1 aromatic carbocycles. The van der Waals surface area contributed by atoms with Crippen LogP contribution in [0.1, 0.15) is 18.8 Å². The molecule has 128 valence electrons. The summed E-state index contributed by atoms with van der Waals surface area (Å²) in [6.45, 7) is 1.59. The number of hydrogen-bond donors (Lipinski definition) is 3. The highest BCUT2D eigenvalue weighted by molar-refractivity contribution is 6.35. The zero-order valence-electron chi connectivity index (χ0n) is 13.1. The summed E-state index contributed by atoms with van der Waals surface area (Å²) in [5.74, 6) is 0.203. The molecule has 3 rings (SSSR count). The number of fused-ring (bicyclic) bond motifs is 1. The van der Waals surface area contributed by atoms with E-state index in [9.17, 15) is 9.59 Å². The van der Waals surface area contributed by atoms with Gasteiger partial charge in [-0.1, -0.05) is 17.7 Å². The lowest BCUT2D eigenvalue weighted by atomic mass is 10.2. The molecular weight excluding hydrogens is 346 g/mol. The van der Waals surface area contributed by atoms with Crippen molar-refractivity contribution in [3.8, 4) is 5.69 Å². The van der Waals surface area contributed by atoms with Crippen molar-refractivity contribution in [3.63, 3.8) is 0 Å². The van der Waals surface area contributed by atoms with Crippen LogP contribution in [0.25, 0.3) is 16.6 Å². The number of nitrogens with one attached hydrogen (secondary N) is 1. The Kier molecular flexibility index (Phi) is 4.28. The molecule has 8 nitrogen and oxygen atoms in total. The number of aromatic nitrogens is 3. The molecule has 0 radical (unpaired) electrons. The molecule has 0 saturated heterocycles. The molecule has 0 fully saturated rings. The highest BCUT2D eigenvalue weighted by atomic mass is 35.5. The maximum atomic E-state index is 13.1. The van der Waals surface area contributed by atoms with Crippen molar-refractivity contribution in [2.75, 3.05) is 5.73 Å². The first-order valence-electron chi connectivity index (χ1n) is 7.30. The van der Waals surface area contributed by atoms with Crippen molar-refractivity contribution in [2.45, 2.75) is 13.0 Å². The van der Waals surface area contributed by atoms with Crippen LogP contribution >= 0.6 is 11.6 Å². The Morgan fingerprint density at radius 1 is 1.40 bits per heavy atom. The van der Waals surface area contributed by atoms with Crippen LogP contribution < -0.4 is 16.6 Å². The highest BCUT2D eigenvalue weighted by Gasteiger charge is 2.20. The zero-order chi connectivity index (χ0) is 18.1. The van der Waals surface area contributed by atoms with Gasteiger partial charge in [-0.15, -0.1) is 0 Å². The van der Waals surface area contributed by atoms with E-state index in [0.717, 1.165) is 0 Å². The third-order valence-corrected chi connectivity index (χ3v) is 3.92. The molecule has 2 heterocycles. The standard InChI is InChI=1S/C16H14ClN5O3/c1-8(20-16(24)25)14-21-12-4-2-3-11(17)13(12)15(23)22(14)10-5-9(18)6-19-7-10/h2-8,20H,18H2,1H3,(H,24,25). The van der Waals surface area contributed by atoms with E-state index in [1.807, 2.05) is 0 Å². The third kappa shape index (κ3) is 3.11. The Morgan fingerprint density at radius 3 is 2.84 bits per heavy atom. The lowest BCUT2D eigenvalue weighted by Crippen LogP contribution is -2.32. The van der Waals surface area contributed by atoms with Gasteiger partial charge in [-0.3, -0.25) is 14.3 Å². The minimum Gasteiger partial charge on any atom is -0.465 e. The van der Waals surface area contributed by atoms with Crippen molar-refractivity contribution in [1.29, 1.82) is 0 Å². The normalized spacial score (nSPS) is 12.1. The van der Waals surface area contributed by atoms with Gasteiger partial charge in [0, 0.05) is 6.20 Å². The van der Waals surface area contributed by atoms with Gasteiger partial charge >= 0.3 is 6.09 Å². The number of nitrogen functional groups attached to an aromatic ring is 1. The number of benzene rings is 1. The Labute approximate surface area is 146 Å². The molecule has 2 aromatic heterocycles. The molecule has 9 heteroatoms. The largest absolute Gasteiger partial charge is 0.465 e. The van der Waals surface area contributed by atoms with Crippen LogP contribution in [0.2, 0.25) is 5.02 Å². The quantitative estimate of drug-likeness (QED) is 0.659. The summed E-state index contributed by atoms with van der Waals surface area (Å²) >= 11 is 6.17. The molecule has 25 heavy (non-hydrogen) atoms. The van der Waals surface area contributed by atoms with Crippen molar-refractivity contribution in [3.05, 3.63) is 57.9 Å². The fourth-order valence-corrected chi connectivity index (χ4v) is 2.81. The lowest BCUT2D eigenvalue weighted by molar-refractivity contribution is 0.190. The number of carbonyl (C=O) groups is 1. The molecule has 0 aliphatic carbocycles. The first kappa shape index (κ1) is 16.7. The molecule has 1 unspecified atom stereocenters. The van der Waals surface area contributed by atoms with Gasteiger partial charge in [-0.05, 0) is 25.1 Å². The number of carboxylic acid groups (broad SMARTS) is 1. The molecule has 0 spiro atoms. The fraction of sp³-hybridized carbons (Fsp3) is 0.125. The van der Waals surface area contributed by atoms with Crippen LogP contribution in [-0.2, 0) is 0 Å². The smallest absolute Gasteiger partial charge is 0.405 e. The molecule has 0 aliphatic rings.